The minimum atomic E-state index is -0.937. The third kappa shape index (κ3) is 3.48. The van der Waals surface area contributed by atoms with Gasteiger partial charge in [0.2, 0.25) is 5.91 Å². The summed E-state index contributed by atoms with van der Waals surface area (Å²) in [5.41, 5.74) is 0. The summed E-state index contributed by atoms with van der Waals surface area (Å²) in [5.74, 6) is -0.961. The third-order valence-corrected chi connectivity index (χ3v) is 2.87. The predicted molar refractivity (Wildman–Crippen MR) is 60.1 cm³/mol. The fourth-order valence-corrected chi connectivity index (χ4v) is 2.10. The summed E-state index contributed by atoms with van der Waals surface area (Å²) >= 11 is 0. The van der Waals surface area contributed by atoms with Crippen LogP contribution < -0.4 is 0 Å². The van der Waals surface area contributed by atoms with Gasteiger partial charge in [0.1, 0.15) is 6.54 Å². The van der Waals surface area contributed by atoms with E-state index in [1.807, 2.05) is 14.0 Å². The Bertz CT molecular complexity index is 268. The molecule has 16 heavy (non-hydrogen) atoms. The maximum Gasteiger partial charge on any atom is 0.323 e. The van der Waals surface area contributed by atoms with E-state index < -0.39 is 5.97 Å². The minimum absolute atomic E-state index is 0.00593. The lowest BCUT2D eigenvalue weighted by molar-refractivity contribution is -0.146. The zero-order valence-corrected chi connectivity index (χ0v) is 9.98. The maximum atomic E-state index is 12.1. The molecule has 5 nitrogen and oxygen atoms in total. The number of carbonyl (C=O) groups is 2. The molecule has 92 valence electrons. The lowest BCUT2D eigenvalue weighted by Gasteiger charge is -2.23. The first kappa shape index (κ1) is 13.0. The Hall–Kier alpha value is -1.10. The summed E-state index contributed by atoms with van der Waals surface area (Å²) in [6.45, 7) is 3.98. The molecule has 1 atom stereocenters. The van der Waals surface area contributed by atoms with Crippen LogP contribution in [0.5, 0.6) is 0 Å². The van der Waals surface area contributed by atoms with E-state index >= 15 is 0 Å². The van der Waals surface area contributed by atoms with E-state index in [0.717, 1.165) is 25.9 Å². The Morgan fingerprint density at radius 2 is 2.19 bits per heavy atom. The summed E-state index contributed by atoms with van der Waals surface area (Å²) in [5, 5.41) is 8.75. The van der Waals surface area contributed by atoms with Gasteiger partial charge in [-0.2, -0.15) is 0 Å². The molecular formula is C11H20N2O3. The molecule has 1 rings (SSSR count). The normalized spacial score (nSPS) is 21.0. The second-order valence-corrected chi connectivity index (χ2v) is 4.40. The van der Waals surface area contributed by atoms with Crippen molar-refractivity contribution < 1.29 is 14.7 Å². The van der Waals surface area contributed by atoms with Crippen LogP contribution in [0.2, 0.25) is 0 Å². The van der Waals surface area contributed by atoms with E-state index in [1.165, 1.54) is 4.90 Å². The van der Waals surface area contributed by atoms with Gasteiger partial charge in [-0.05, 0) is 26.4 Å². The highest BCUT2D eigenvalue weighted by atomic mass is 16.4. The highest BCUT2D eigenvalue weighted by Gasteiger charge is 2.30. The van der Waals surface area contributed by atoms with Gasteiger partial charge < -0.3 is 14.9 Å². The van der Waals surface area contributed by atoms with Gasteiger partial charge in [-0.1, -0.05) is 6.92 Å². The summed E-state index contributed by atoms with van der Waals surface area (Å²) in [6, 6.07) is 0. The molecule has 1 aliphatic rings. The SMILES string of the molecule is CCCN(CC(=O)O)C(=O)C1CCN(C)C1. The lowest BCUT2D eigenvalue weighted by Crippen LogP contribution is -2.40. The number of aliphatic carboxylic acids is 1. The Morgan fingerprint density at radius 3 is 2.62 bits per heavy atom. The van der Waals surface area contributed by atoms with E-state index in [-0.39, 0.29) is 18.4 Å². The first-order valence-corrected chi connectivity index (χ1v) is 5.73. The van der Waals surface area contributed by atoms with Gasteiger partial charge >= 0.3 is 5.97 Å². The van der Waals surface area contributed by atoms with Crippen molar-refractivity contribution >= 4 is 11.9 Å². The van der Waals surface area contributed by atoms with Crippen LogP contribution in [0.4, 0.5) is 0 Å². The number of hydrogen-bond acceptors (Lipinski definition) is 3. The molecule has 0 bridgehead atoms. The first-order chi connectivity index (χ1) is 7.54. The molecule has 1 fully saturated rings. The van der Waals surface area contributed by atoms with Crippen molar-refractivity contribution in [1.82, 2.24) is 9.80 Å². The Balaban J connectivity index is 2.56. The van der Waals surface area contributed by atoms with Crippen molar-refractivity contribution in [3.8, 4) is 0 Å². The molecule has 5 heteroatoms. The molecular weight excluding hydrogens is 208 g/mol. The average molecular weight is 228 g/mol. The van der Waals surface area contributed by atoms with Crippen molar-refractivity contribution in [1.29, 1.82) is 0 Å². The molecule has 1 heterocycles. The zero-order chi connectivity index (χ0) is 12.1. The van der Waals surface area contributed by atoms with Gasteiger partial charge in [0, 0.05) is 13.1 Å². The number of carboxylic acid groups (broad SMARTS) is 1. The summed E-state index contributed by atoms with van der Waals surface area (Å²) in [6.07, 6.45) is 1.64. The van der Waals surface area contributed by atoms with Crippen molar-refractivity contribution in [2.75, 3.05) is 33.2 Å². The fourth-order valence-electron chi connectivity index (χ4n) is 2.10. The van der Waals surface area contributed by atoms with E-state index in [1.54, 1.807) is 0 Å². The van der Waals surface area contributed by atoms with Crippen molar-refractivity contribution in [3.05, 3.63) is 0 Å². The van der Waals surface area contributed by atoms with Gasteiger partial charge in [0.05, 0.1) is 5.92 Å². The average Bonchev–Trinajstić information content (AvgIpc) is 2.62. The van der Waals surface area contributed by atoms with Gasteiger partial charge in [-0.3, -0.25) is 9.59 Å². The molecule has 0 aromatic heterocycles. The van der Waals surface area contributed by atoms with Crippen LogP contribution in [0, 0.1) is 5.92 Å². The predicted octanol–water partition coefficient (Wildman–Crippen LogP) is 0.261. The number of likely N-dealkylation sites (tertiary alicyclic amines) is 1. The van der Waals surface area contributed by atoms with Crippen molar-refractivity contribution in [3.63, 3.8) is 0 Å². The summed E-state index contributed by atoms with van der Waals surface area (Å²) in [7, 11) is 1.98. The molecule has 1 N–H and O–H groups in total. The molecule has 1 saturated heterocycles. The molecule has 1 aliphatic heterocycles. The Morgan fingerprint density at radius 1 is 1.50 bits per heavy atom. The van der Waals surface area contributed by atoms with E-state index in [9.17, 15) is 9.59 Å². The van der Waals surface area contributed by atoms with Crippen LogP contribution in [0.25, 0.3) is 0 Å². The maximum absolute atomic E-state index is 12.1. The molecule has 1 unspecified atom stereocenters. The van der Waals surface area contributed by atoms with Crippen molar-refractivity contribution in [2.45, 2.75) is 19.8 Å². The number of amides is 1. The fraction of sp³-hybridized carbons (Fsp3) is 0.818. The van der Waals surface area contributed by atoms with Gasteiger partial charge in [0.25, 0.3) is 0 Å². The van der Waals surface area contributed by atoms with Crippen LogP contribution in [-0.2, 0) is 9.59 Å². The van der Waals surface area contributed by atoms with Crippen LogP contribution in [0.3, 0.4) is 0 Å². The molecule has 0 saturated carbocycles. The molecule has 0 aromatic rings. The smallest absolute Gasteiger partial charge is 0.323 e. The summed E-state index contributed by atoms with van der Waals surface area (Å²) in [4.78, 5) is 26.3. The topological polar surface area (TPSA) is 60.9 Å². The van der Waals surface area contributed by atoms with Crippen molar-refractivity contribution in [2.24, 2.45) is 5.92 Å². The van der Waals surface area contributed by atoms with E-state index in [2.05, 4.69) is 4.90 Å². The minimum Gasteiger partial charge on any atom is -0.480 e. The second kappa shape index (κ2) is 5.84. The van der Waals surface area contributed by atoms with Crippen LogP contribution in [0.1, 0.15) is 19.8 Å². The molecule has 0 aromatic carbocycles. The first-order valence-electron chi connectivity index (χ1n) is 5.73. The number of hydrogen-bond donors (Lipinski definition) is 1. The summed E-state index contributed by atoms with van der Waals surface area (Å²) < 4.78 is 0. The zero-order valence-electron chi connectivity index (χ0n) is 9.98. The van der Waals surface area contributed by atoms with Gasteiger partial charge in [-0.15, -0.1) is 0 Å². The number of rotatable bonds is 5. The van der Waals surface area contributed by atoms with Gasteiger partial charge in [0.15, 0.2) is 0 Å². The van der Waals surface area contributed by atoms with Crippen LogP contribution in [-0.4, -0.2) is 60.0 Å². The second-order valence-electron chi connectivity index (χ2n) is 4.40. The number of carboxylic acids is 1. The molecule has 0 spiro atoms. The molecule has 1 amide bonds. The molecule has 0 aliphatic carbocycles. The van der Waals surface area contributed by atoms with Crippen LogP contribution >= 0.6 is 0 Å². The number of carbonyl (C=O) groups excluding carboxylic acids is 1. The monoisotopic (exact) mass is 228 g/mol. The third-order valence-electron chi connectivity index (χ3n) is 2.87. The lowest BCUT2D eigenvalue weighted by atomic mass is 10.1. The molecule has 0 radical (unpaired) electrons. The Kier molecular flexibility index (Phi) is 4.73. The Labute approximate surface area is 96.0 Å². The quantitative estimate of drug-likeness (QED) is 0.733. The highest BCUT2D eigenvalue weighted by molar-refractivity contribution is 5.83. The largest absolute Gasteiger partial charge is 0.480 e. The standard InChI is InChI=1S/C11H20N2O3/c1-3-5-13(8-10(14)15)11(16)9-4-6-12(2)7-9/h9H,3-8H2,1-2H3,(H,14,15). The highest BCUT2D eigenvalue weighted by Crippen LogP contribution is 2.17. The van der Waals surface area contributed by atoms with Crippen LogP contribution in [0.15, 0.2) is 0 Å². The van der Waals surface area contributed by atoms with E-state index in [0.29, 0.717) is 6.54 Å². The van der Waals surface area contributed by atoms with E-state index in [4.69, 9.17) is 5.11 Å². The van der Waals surface area contributed by atoms with Gasteiger partial charge in [-0.25, -0.2) is 0 Å². The number of nitrogens with zero attached hydrogens (tertiary/aromatic N) is 2.